The van der Waals surface area contributed by atoms with Crippen LogP contribution in [-0.2, 0) is 11.2 Å². The lowest BCUT2D eigenvalue weighted by Gasteiger charge is -2.22. The Balaban J connectivity index is 0.00000225. The highest BCUT2D eigenvalue weighted by Crippen LogP contribution is 2.38. The van der Waals surface area contributed by atoms with Gasteiger partial charge >= 0.3 is 0 Å². The molecule has 1 heterocycles. The molecule has 0 radical (unpaired) electrons. The van der Waals surface area contributed by atoms with Crippen LogP contribution in [0.25, 0.3) is 10.6 Å². The lowest BCUT2D eigenvalue weighted by atomic mass is 9.98. The van der Waals surface area contributed by atoms with Gasteiger partial charge in [0, 0.05) is 18.0 Å². The fourth-order valence-electron chi connectivity index (χ4n) is 2.96. The van der Waals surface area contributed by atoms with E-state index in [-0.39, 0.29) is 30.4 Å². The van der Waals surface area contributed by atoms with Crippen LogP contribution in [0.5, 0.6) is 5.75 Å². The molecule has 3 N–H and O–H groups in total. The first-order valence-electron chi connectivity index (χ1n) is 8.25. The van der Waals surface area contributed by atoms with E-state index < -0.39 is 0 Å². The number of amides is 1. The molecule has 25 heavy (non-hydrogen) atoms. The molecule has 2 atom stereocenters. The number of ether oxygens (including phenoxy) is 1. The fraction of sp³-hybridized carbons (Fsp3) is 0.444. The molecule has 3 rings (SSSR count). The number of nitrogens with zero attached hydrogens (tertiary/aromatic N) is 1. The van der Waals surface area contributed by atoms with Crippen molar-refractivity contribution in [2.45, 2.75) is 44.7 Å². The van der Waals surface area contributed by atoms with E-state index in [2.05, 4.69) is 5.32 Å². The fourth-order valence-corrected chi connectivity index (χ4v) is 4.16. The molecule has 0 spiro atoms. The largest absolute Gasteiger partial charge is 0.497 e. The van der Waals surface area contributed by atoms with Crippen LogP contribution in [-0.4, -0.2) is 24.0 Å². The minimum atomic E-state index is -0.121. The van der Waals surface area contributed by atoms with Crippen LogP contribution < -0.4 is 15.8 Å². The number of thiazole rings is 1. The number of hydrogen-bond donors (Lipinski definition) is 2. The van der Waals surface area contributed by atoms with Crippen LogP contribution in [0.1, 0.15) is 42.8 Å². The first-order valence-corrected chi connectivity index (χ1v) is 9.07. The third-order valence-corrected chi connectivity index (χ3v) is 5.39. The molecule has 0 saturated heterocycles. The predicted octanol–water partition coefficient (Wildman–Crippen LogP) is 3.47. The lowest BCUT2D eigenvalue weighted by Crippen LogP contribution is -2.33. The quantitative estimate of drug-likeness (QED) is 0.831. The van der Waals surface area contributed by atoms with Gasteiger partial charge in [-0.25, -0.2) is 4.98 Å². The third-order valence-electron chi connectivity index (χ3n) is 4.13. The number of fused-ring (bicyclic) bond motifs is 1. The van der Waals surface area contributed by atoms with Crippen molar-refractivity contribution in [3.05, 3.63) is 34.8 Å². The van der Waals surface area contributed by atoms with E-state index in [9.17, 15) is 4.79 Å². The summed E-state index contributed by atoms with van der Waals surface area (Å²) in [5, 5.41) is 4.12. The number of aryl methyl sites for hydroxylation is 1. The van der Waals surface area contributed by atoms with Crippen molar-refractivity contribution in [1.82, 2.24) is 10.3 Å². The van der Waals surface area contributed by atoms with E-state index in [0.29, 0.717) is 6.42 Å². The first-order chi connectivity index (χ1) is 11.6. The average Bonchev–Trinajstić information content (AvgIpc) is 2.99. The number of halogens is 1. The number of benzene rings is 1. The number of carbonyl (C=O) groups excluding carboxylic acids is 1. The van der Waals surface area contributed by atoms with Gasteiger partial charge in [-0.3, -0.25) is 4.79 Å². The summed E-state index contributed by atoms with van der Waals surface area (Å²) < 4.78 is 5.20. The van der Waals surface area contributed by atoms with Crippen molar-refractivity contribution >= 4 is 29.7 Å². The average molecular weight is 382 g/mol. The van der Waals surface area contributed by atoms with Gasteiger partial charge in [0.2, 0.25) is 5.91 Å². The maximum atomic E-state index is 12.1. The number of carbonyl (C=O) groups is 1. The predicted molar refractivity (Wildman–Crippen MR) is 103 cm³/mol. The molecule has 136 valence electrons. The molecule has 1 aliphatic rings. The minimum Gasteiger partial charge on any atom is -0.497 e. The Morgan fingerprint density at radius 1 is 1.44 bits per heavy atom. The van der Waals surface area contributed by atoms with E-state index in [4.69, 9.17) is 15.5 Å². The highest BCUT2D eigenvalue weighted by Gasteiger charge is 2.26. The normalized spacial score (nSPS) is 17.2. The van der Waals surface area contributed by atoms with Gasteiger partial charge in [0.15, 0.2) is 0 Å². The van der Waals surface area contributed by atoms with E-state index in [1.54, 1.807) is 18.4 Å². The Morgan fingerprint density at radius 2 is 2.16 bits per heavy atom. The Hall–Kier alpha value is -1.63. The Kier molecular flexibility index (Phi) is 6.81. The monoisotopic (exact) mass is 381 g/mol. The lowest BCUT2D eigenvalue weighted by molar-refractivity contribution is -0.122. The Labute approximate surface area is 158 Å². The molecule has 0 aliphatic heterocycles. The maximum absolute atomic E-state index is 12.1. The number of methoxy groups -OCH3 is 1. The summed E-state index contributed by atoms with van der Waals surface area (Å²) in [6.07, 6.45) is 3.33. The van der Waals surface area contributed by atoms with Crippen molar-refractivity contribution < 1.29 is 9.53 Å². The Bertz CT molecular complexity index is 716. The molecule has 0 fully saturated rings. The third kappa shape index (κ3) is 4.71. The maximum Gasteiger partial charge on any atom is 0.222 e. The van der Waals surface area contributed by atoms with Crippen molar-refractivity contribution in [1.29, 1.82) is 0 Å². The second-order valence-corrected chi connectivity index (χ2v) is 7.28. The standard InChI is InChI=1S/C18H23N3O2S.ClH/c1-11(19)10-16(22)20-14-4-3-5-15-17(14)24-18(21-15)12-6-8-13(23-2)9-7-12;/h6-9,11,14H,3-5,10,19H2,1-2H3,(H,20,22);1H. The molecule has 1 amide bonds. The minimum absolute atomic E-state index is 0. The van der Waals surface area contributed by atoms with Gasteiger partial charge in [-0.2, -0.15) is 0 Å². The Morgan fingerprint density at radius 3 is 2.80 bits per heavy atom. The van der Waals surface area contributed by atoms with E-state index in [0.717, 1.165) is 41.3 Å². The molecular weight excluding hydrogens is 358 g/mol. The summed E-state index contributed by atoms with van der Waals surface area (Å²) in [5.41, 5.74) is 7.91. The van der Waals surface area contributed by atoms with Crippen molar-refractivity contribution in [2.24, 2.45) is 5.73 Å². The highest BCUT2D eigenvalue weighted by atomic mass is 35.5. The number of nitrogens with one attached hydrogen (secondary N) is 1. The summed E-state index contributed by atoms with van der Waals surface area (Å²) in [6.45, 7) is 1.85. The second kappa shape index (κ2) is 8.65. The zero-order valence-corrected chi connectivity index (χ0v) is 16.1. The van der Waals surface area contributed by atoms with Crippen molar-refractivity contribution in [2.75, 3.05) is 7.11 Å². The number of rotatable bonds is 5. The molecule has 0 bridgehead atoms. The van der Waals surface area contributed by atoms with Gasteiger partial charge in [-0.15, -0.1) is 23.7 Å². The van der Waals surface area contributed by atoms with Crippen LogP contribution in [0.15, 0.2) is 24.3 Å². The smallest absolute Gasteiger partial charge is 0.222 e. The van der Waals surface area contributed by atoms with Gasteiger partial charge in [0.05, 0.1) is 23.7 Å². The zero-order chi connectivity index (χ0) is 17.1. The first kappa shape index (κ1) is 19.7. The van der Waals surface area contributed by atoms with E-state index in [1.807, 2.05) is 31.2 Å². The molecule has 5 nitrogen and oxygen atoms in total. The summed E-state index contributed by atoms with van der Waals surface area (Å²) in [5.74, 6) is 0.850. The summed E-state index contributed by atoms with van der Waals surface area (Å²) >= 11 is 1.67. The number of hydrogen-bond acceptors (Lipinski definition) is 5. The molecule has 1 aliphatic carbocycles. The summed E-state index contributed by atoms with van der Waals surface area (Å²) in [4.78, 5) is 18.0. The SMILES string of the molecule is COc1ccc(-c2nc3c(s2)C(NC(=O)CC(C)N)CCC3)cc1.Cl. The molecule has 2 aromatic rings. The van der Waals surface area contributed by atoms with E-state index >= 15 is 0 Å². The molecule has 1 aromatic heterocycles. The van der Waals surface area contributed by atoms with Crippen LogP contribution in [0, 0.1) is 0 Å². The van der Waals surface area contributed by atoms with Crippen LogP contribution in [0.2, 0.25) is 0 Å². The summed E-state index contributed by atoms with van der Waals surface area (Å²) in [6, 6.07) is 7.86. The van der Waals surface area contributed by atoms with Gasteiger partial charge in [0.1, 0.15) is 10.8 Å². The van der Waals surface area contributed by atoms with Gasteiger partial charge in [0.25, 0.3) is 0 Å². The highest BCUT2D eigenvalue weighted by molar-refractivity contribution is 7.15. The molecule has 1 aromatic carbocycles. The number of aromatic nitrogens is 1. The molecule has 2 unspecified atom stereocenters. The van der Waals surface area contributed by atoms with Gasteiger partial charge < -0.3 is 15.8 Å². The topological polar surface area (TPSA) is 77.2 Å². The van der Waals surface area contributed by atoms with Gasteiger partial charge in [-0.05, 0) is 50.5 Å². The summed E-state index contributed by atoms with van der Waals surface area (Å²) in [7, 11) is 1.66. The van der Waals surface area contributed by atoms with Crippen LogP contribution in [0.3, 0.4) is 0 Å². The van der Waals surface area contributed by atoms with Crippen LogP contribution in [0.4, 0.5) is 0 Å². The van der Waals surface area contributed by atoms with Crippen molar-refractivity contribution in [3.63, 3.8) is 0 Å². The van der Waals surface area contributed by atoms with E-state index in [1.165, 1.54) is 4.88 Å². The number of nitrogens with two attached hydrogens (primary N) is 1. The molecule has 0 saturated carbocycles. The molecular formula is C18H24ClN3O2S. The van der Waals surface area contributed by atoms with Crippen LogP contribution >= 0.6 is 23.7 Å². The molecule has 7 heteroatoms. The second-order valence-electron chi connectivity index (χ2n) is 6.25. The van der Waals surface area contributed by atoms with Crippen molar-refractivity contribution in [3.8, 4) is 16.3 Å². The van der Waals surface area contributed by atoms with Gasteiger partial charge in [-0.1, -0.05) is 0 Å². The zero-order valence-electron chi connectivity index (χ0n) is 14.5.